The lowest BCUT2D eigenvalue weighted by molar-refractivity contribution is 0.122. The Morgan fingerprint density at radius 1 is 1.29 bits per heavy atom. The fourth-order valence-corrected chi connectivity index (χ4v) is 1.38. The molecule has 2 rings (SSSR count). The molecule has 0 radical (unpaired) electrons. The van der Waals surface area contributed by atoms with Crippen LogP contribution in [0.4, 0.5) is 11.6 Å². The summed E-state index contributed by atoms with van der Waals surface area (Å²) in [6, 6.07) is 0. The predicted octanol–water partition coefficient (Wildman–Crippen LogP) is -0.401. The molecule has 0 spiro atoms. The molecule has 0 aliphatic carbocycles. The van der Waals surface area contributed by atoms with E-state index in [9.17, 15) is 0 Å². The van der Waals surface area contributed by atoms with Gasteiger partial charge in [0.1, 0.15) is 0 Å². The minimum Gasteiger partial charge on any atom is -0.378 e. The van der Waals surface area contributed by atoms with Gasteiger partial charge in [0.2, 0.25) is 5.95 Å². The number of rotatable bonds is 2. The summed E-state index contributed by atoms with van der Waals surface area (Å²) >= 11 is 0. The first-order valence-electron chi connectivity index (χ1n) is 4.51. The van der Waals surface area contributed by atoms with Crippen molar-refractivity contribution in [1.29, 1.82) is 0 Å². The highest BCUT2D eigenvalue weighted by Gasteiger charge is 2.11. The van der Waals surface area contributed by atoms with Crippen LogP contribution in [0.25, 0.3) is 0 Å². The molecule has 6 heteroatoms. The van der Waals surface area contributed by atoms with E-state index in [4.69, 9.17) is 10.6 Å². The average molecular weight is 195 g/mol. The highest BCUT2D eigenvalue weighted by molar-refractivity contribution is 5.44. The van der Waals surface area contributed by atoms with Crippen LogP contribution in [-0.2, 0) is 4.74 Å². The second-order valence-electron chi connectivity index (χ2n) is 3.01. The van der Waals surface area contributed by atoms with Crippen molar-refractivity contribution in [3.8, 4) is 0 Å². The summed E-state index contributed by atoms with van der Waals surface area (Å²) < 4.78 is 5.25. The highest BCUT2D eigenvalue weighted by atomic mass is 16.5. The molecular formula is C8H13N5O. The molecular weight excluding hydrogens is 182 g/mol. The molecule has 0 amide bonds. The van der Waals surface area contributed by atoms with Gasteiger partial charge in [-0.2, -0.15) is 0 Å². The van der Waals surface area contributed by atoms with E-state index in [1.165, 1.54) is 0 Å². The maximum Gasteiger partial charge on any atom is 0.237 e. The number of nitrogens with two attached hydrogens (primary N) is 1. The molecule has 2 heterocycles. The van der Waals surface area contributed by atoms with Crippen molar-refractivity contribution in [2.75, 3.05) is 36.6 Å². The number of morpholine rings is 1. The number of hydrogen-bond acceptors (Lipinski definition) is 6. The lowest BCUT2D eigenvalue weighted by Gasteiger charge is -2.28. The molecule has 0 unspecified atom stereocenters. The minimum absolute atomic E-state index is 0.432. The molecule has 1 saturated heterocycles. The van der Waals surface area contributed by atoms with Crippen molar-refractivity contribution < 1.29 is 4.74 Å². The zero-order valence-electron chi connectivity index (χ0n) is 7.81. The normalized spacial score (nSPS) is 16.8. The van der Waals surface area contributed by atoms with Crippen LogP contribution in [-0.4, -0.2) is 36.3 Å². The Balaban J connectivity index is 2.07. The molecule has 1 aromatic rings. The number of hydrazine groups is 1. The molecule has 1 aliphatic heterocycles. The number of nitrogen functional groups attached to an aromatic ring is 1. The Labute approximate surface area is 82.1 Å². The second-order valence-corrected chi connectivity index (χ2v) is 3.01. The maximum absolute atomic E-state index is 5.25. The van der Waals surface area contributed by atoms with Crippen LogP contribution < -0.4 is 16.2 Å². The molecule has 0 saturated carbocycles. The van der Waals surface area contributed by atoms with E-state index in [0.717, 1.165) is 32.0 Å². The van der Waals surface area contributed by atoms with Crippen LogP contribution in [0.15, 0.2) is 12.4 Å². The first-order chi connectivity index (χ1) is 6.90. The van der Waals surface area contributed by atoms with Gasteiger partial charge in [0.15, 0.2) is 0 Å². The van der Waals surface area contributed by atoms with Crippen LogP contribution in [0.1, 0.15) is 0 Å². The quantitative estimate of drug-likeness (QED) is 0.494. The van der Waals surface area contributed by atoms with Gasteiger partial charge < -0.3 is 9.64 Å². The van der Waals surface area contributed by atoms with E-state index in [1.54, 1.807) is 12.4 Å². The van der Waals surface area contributed by atoms with E-state index < -0.39 is 0 Å². The second kappa shape index (κ2) is 4.21. The van der Waals surface area contributed by atoms with Gasteiger partial charge in [-0.15, -0.1) is 0 Å². The van der Waals surface area contributed by atoms with Gasteiger partial charge in [-0.3, -0.25) is 5.43 Å². The zero-order chi connectivity index (χ0) is 9.80. The van der Waals surface area contributed by atoms with E-state index in [-0.39, 0.29) is 0 Å². The minimum atomic E-state index is 0.432. The molecule has 6 nitrogen and oxygen atoms in total. The molecule has 76 valence electrons. The van der Waals surface area contributed by atoms with Crippen LogP contribution >= 0.6 is 0 Å². The summed E-state index contributed by atoms with van der Waals surface area (Å²) in [5.74, 6) is 5.60. The molecule has 0 bridgehead atoms. The van der Waals surface area contributed by atoms with E-state index in [0.29, 0.717) is 5.95 Å². The molecule has 0 aromatic carbocycles. The Morgan fingerprint density at radius 2 is 1.93 bits per heavy atom. The van der Waals surface area contributed by atoms with Gasteiger partial charge in [0, 0.05) is 13.1 Å². The van der Waals surface area contributed by atoms with Crippen molar-refractivity contribution >= 4 is 11.6 Å². The fraction of sp³-hybridized carbons (Fsp3) is 0.500. The van der Waals surface area contributed by atoms with Crippen molar-refractivity contribution in [2.24, 2.45) is 5.84 Å². The Bertz CT molecular complexity index is 282. The van der Waals surface area contributed by atoms with E-state index in [2.05, 4.69) is 20.3 Å². The molecule has 14 heavy (non-hydrogen) atoms. The number of ether oxygens (including phenoxy) is 1. The maximum atomic E-state index is 5.25. The number of hydrogen-bond donors (Lipinski definition) is 2. The number of aromatic nitrogens is 2. The van der Waals surface area contributed by atoms with Gasteiger partial charge in [-0.1, -0.05) is 0 Å². The molecule has 1 fully saturated rings. The summed E-state index contributed by atoms with van der Waals surface area (Å²) in [5, 5.41) is 0. The van der Waals surface area contributed by atoms with Crippen LogP contribution in [0.2, 0.25) is 0 Å². The van der Waals surface area contributed by atoms with Crippen LogP contribution in [0, 0.1) is 0 Å². The topological polar surface area (TPSA) is 76.3 Å². The first-order valence-corrected chi connectivity index (χ1v) is 4.51. The van der Waals surface area contributed by atoms with Gasteiger partial charge in [0.05, 0.1) is 31.3 Å². The van der Waals surface area contributed by atoms with Crippen LogP contribution in [0.5, 0.6) is 0 Å². The standard InChI is InChI=1S/C8H13N5O/c9-12-8-10-5-7(6-11-8)13-1-3-14-4-2-13/h5-6H,1-4,9H2,(H,10,11,12). The number of nitrogens with one attached hydrogen (secondary N) is 1. The molecule has 1 aromatic heterocycles. The van der Waals surface area contributed by atoms with Crippen molar-refractivity contribution in [2.45, 2.75) is 0 Å². The summed E-state index contributed by atoms with van der Waals surface area (Å²) in [6.45, 7) is 3.30. The highest BCUT2D eigenvalue weighted by Crippen LogP contribution is 2.13. The van der Waals surface area contributed by atoms with Gasteiger partial charge in [-0.25, -0.2) is 15.8 Å². The van der Waals surface area contributed by atoms with Crippen molar-refractivity contribution in [3.63, 3.8) is 0 Å². The van der Waals surface area contributed by atoms with E-state index in [1.807, 2.05) is 0 Å². The molecule has 0 atom stereocenters. The zero-order valence-corrected chi connectivity index (χ0v) is 7.81. The summed E-state index contributed by atoms with van der Waals surface area (Å²) in [5.41, 5.74) is 3.40. The largest absolute Gasteiger partial charge is 0.378 e. The first kappa shape index (κ1) is 9.17. The smallest absolute Gasteiger partial charge is 0.237 e. The average Bonchev–Trinajstić information content (AvgIpc) is 2.30. The lowest BCUT2D eigenvalue weighted by atomic mass is 10.4. The Hall–Kier alpha value is -1.40. The van der Waals surface area contributed by atoms with Gasteiger partial charge in [-0.05, 0) is 0 Å². The van der Waals surface area contributed by atoms with Gasteiger partial charge >= 0.3 is 0 Å². The Morgan fingerprint density at radius 3 is 2.50 bits per heavy atom. The number of nitrogens with zero attached hydrogens (tertiary/aromatic N) is 3. The third-order valence-electron chi connectivity index (χ3n) is 2.14. The van der Waals surface area contributed by atoms with E-state index >= 15 is 0 Å². The SMILES string of the molecule is NNc1ncc(N2CCOCC2)cn1. The fourth-order valence-electron chi connectivity index (χ4n) is 1.38. The lowest BCUT2D eigenvalue weighted by Crippen LogP contribution is -2.36. The van der Waals surface area contributed by atoms with Gasteiger partial charge in [0.25, 0.3) is 0 Å². The van der Waals surface area contributed by atoms with Crippen LogP contribution in [0.3, 0.4) is 0 Å². The van der Waals surface area contributed by atoms with Crippen molar-refractivity contribution in [3.05, 3.63) is 12.4 Å². The van der Waals surface area contributed by atoms with Crippen molar-refractivity contribution in [1.82, 2.24) is 9.97 Å². The molecule has 1 aliphatic rings. The third kappa shape index (κ3) is 1.91. The summed E-state index contributed by atoms with van der Waals surface area (Å²) in [7, 11) is 0. The molecule has 3 N–H and O–H groups in total. The number of anilines is 2. The Kier molecular flexibility index (Phi) is 2.76. The summed E-state index contributed by atoms with van der Waals surface area (Å²) in [4.78, 5) is 10.3. The monoisotopic (exact) mass is 195 g/mol. The third-order valence-corrected chi connectivity index (χ3v) is 2.14. The summed E-state index contributed by atoms with van der Waals surface area (Å²) in [6.07, 6.45) is 3.51. The predicted molar refractivity (Wildman–Crippen MR) is 52.9 cm³/mol.